The topological polar surface area (TPSA) is 32.3 Å². The third-order valence-electron chi connectivity index (χ3n) is 4.98. The van der Waals surface area contributed by atoms with Crippen LogP contribution in [0.3, 0.4) is 0 Å². The Bertz CT molecular complexity index is 485. The van der Waals surface area contributed by atoms with E-state index in [0.717, 1.165) is 19.0 Å². The normalized spacial score (nSPS) is 20.0. The highest BCUT2D eigenvalue weighted by atomic mass is 16.2. The Morgan fingerprint density at radius 1 is 1.14 bits per heavy atom. The maximum atomic E-state index is 11.8. The Morgan fingerprint density at radius 3 is 2.45 bits per heavy atom. The van der Waals surface area contributed by atoms with Gasteiger partial charge in [0.05, 0.1) is 6.54 Å². The quantitative estimate of drug-likeness (QED) is 0.876. The van der Waals surface area contributed by atoms with Crippen molar-refractivity contribution in [1.82, 2.24) is 10.2 Å². The number of hydrogen-bond acceptors (Lipinski definition) is 2. The molecule has 0 atom stereocenters. The van der Waals surface area contributed by atoms with E-state index in [-0.39, 0.29) is 5.91 Å². The molecule has 1 aliphatic heterocycles. The Kier molecular flexibility index (Phi) is 5.14. The SMILES string of the molecule is Cc1ccc(CCC2CCN(CC(=O)NC3CC3)CC2)cc1. The molecule has 2 fully saturated rings. The van der Waals surface area contributed by atoms with Crippen molar-refractivity contribution in [1.29, 1.82) is 0 Å². The lowest BCUT2D eigenvalue weighted by molar-refractivity contribution is -0.122. The molecule has 22 heavy (non-hydrogen) atoms. The number of benzene rings is 1. The van der Waals surface area contributed by atoms with Gasteiger partial charge >= 0.3 is 0 Å². The number of piperidine rings is 1. The summed E-state index contributed by atoms with van der Waals surface area (Å²) in [5.74, 6) is 1.05. The molecule has 0 bridgehead atoms. The number of rotatable bonds is 6. The van der Waals surface area contributed by atoms with E-state index in [1.54, 1.807) is 0 Å². The van der Waals surface area contributed by atoms with Crippen molar-refractivity contribution in [3.63, 3.8) is 0 Å². The van der Waals surface area contributed by atoms with Crippen LogP contribution in [0.2, 0.25) is 0 Å². The van der Waals surface area contributed by atoms with Gasteiger partial charge in [0.1, 0.15) is 0 Å². The second-order valence-corrected chi connectivity index (χ2v) is 7.09. The number of carbonyl (C=O) groups is 1. The van der Waals surface area contributed by atoms with E-state index in [0.29, 0.717) is 12.6 Å². The summed E-state index contributed by atoms with van der Waals surface area (Å²) in [7, 11) is 0. The van der Waals surface area contributed by atoms with Crippen molar-refractivity contribution in [2.75, 3.05) is 19.6 Å². The van der Waals surface area contributed by atoms with Gasteiger partial charge in [-0.05, 0) is 70.0 Å². The maximum absolute atomic E-state index is 11.8. The van der Waals surface area contributed by atoms with E-state index < -0.39 is 0 Å². The van der Waals surface area contributed by atoms with Crippen LogP contribution >= 0.6 is 0 Å². The summed E-state index contributed by atoms with van der Waals surface area (Å²) < 4.78 is 0. The predicted octanol–water partition coefficient (Wildman–Crippen LogP) is 2.92. The maximum Gasteiger partial charge on any atom is 0.234 e. The minimum atomic E-state index is 0.223. The van der Waals surface area contributed by atoms with Gasteiger partial charge in [0.15, 0.2) is 0 Å². The fourth-order valence-electron chi connectivity index (χ4n) is 3.26. The van der Waals surface area contributed by atoms with Crippen LogP contribution in [0.1, 0.15) is 43.2 Å². The van der Waals surface area contributed by atoms with Crippen LogP contribution in [0.4, 0.5) is 0 Å². The fourth-order valence-corrected chi connectivity index (χ4v) is 3.26. The molecule has 1 aliphatic carbocycles. The van der Waals surface area contributed by atoms with Crippen molar-refractivity contribution in [2.24, 2.45) is 5.92 Å². The summed E-state index contributed by atoms with van der Waals surface area (Å²) >= 11 is 0. The van der Waals surface area contributed by atoms with Gasteiger partial charge in [-0.2, -0.15) is 0 Å². The lowest BCUT2D eigenvalue weighted by Crippen LogP contribution is -2.42. The van der Waals surface area contributed by atoms with Crippen molar-refractivity contribution in [3.05, 3.63) is 35.4 Å². The average Bonchev–Trinajstić information content (AvgIpc) is 3.32. The van der Waals surface area contributed by atoms with Gasteiger partial charge in [0, 0.05) is 6.04 Å². The monoisotopic (exact) mass is 300 g/mol. The summed E-state index contributed by atoms with van der Waals surface area (Å²) in [6.45, 7) is 4.90. The zero-order chi connectivity index (χ0) is 15.4. The zero-order valence-corrected chi connectivity index (χ0v) is 13.7. The highest BCUT2D eigenvalue weighted by Crippen LogP contribution is 2.23. The lowest BCUT2D eigenvalue weighted by atomic mass is 9.90. The Morgan fingerprint density at radius 2 is 1.82 bits per heavy atom. The van der Waals surface area contributed by atoms with E-state index in [1.807, 2.05) is 0 Å². The van der Waals surface area contributed by atoms with Crippen LogP contribution in [0.5, 0.6) is 0 Å². The molecule has 1 saturated heterocycles. The fraction of sp³-hybridized carbons (Fsp3) is 0.632. The number of aryl methyl sites for hydroxylation is 2. The van der Waals surface area contributed by atoms with Crippen LogP contribution in [0.25, 0.3) is 0 Å². The molecule has 0 spiro atoms. The molecule has 3 rings (SSSR count). The zero-order valence-electron chi connectivity index (χ0n) is 13.7. The number of amides is 1. The summed E-state index contributed by atoms with van der Waals surface area (Å²) in [6, 6.07) is 9.41. The van der Waals surface area contributed by atoms with Gasteiger partial charge in [0.2, 0.25) is 5.91 Å². The smallest absolute Gasteiger partial charge is 0.234 e. The highest BCUT2D eigenvalue weighted by molar-refractivity contribution is 5.78. The first-order valence-electron chi connectivity index (χ1n) is 8.76. The van der Waals surface area contributed by atoms with E-state index in [1.165, 1.54) is 49.7 Å². The second-order valence-electron chi connectivity index (χ2n) is 7.09. The first kappa shape index (κ1) is 15.5. The average molecular weight is 300 g/mol. The van der Waals surface area contributed by atoms with E-state index in [4.69, 9.17) is 0 Å². The number of nitrogens with one attached hydrogen (secondary N) is 1. The molecule has 0 aromatic heterocycles. The Labute approximate surface area is 134 Å². The van der Waals surface area contributed by atoms with Gasteiger partial charge in [-0.15, -0.1) is 0 Å². The molecule has 1 N–H and O–H groups in total. The number of carbonyl (C=O) groups excluding carboxylic acids is 1. The largest absolute Gasteiger partial charge is 0.352 e. The minimum absolute atomic E-state index is 0.223. The first-order chi connectivity index (χ1) is 10.7. The van der Waals surface area contributed by atoms with Crippen molar-refractivity contribution < 1.29 is 4.79 Å². The third-order valence-corrected chi connectivity index (χ3v) is 4.98. The van der Waals surface area contributed by atoms with E-state index in [9.17, 15) is 4.79 Å². The molecule has 2 aliphatic rings. The summed E-state index contributed by atoms with van der Waals surface area (Å²) in [6.07, 6.45) is 7.29. The van der Waals surface area contributed by atoms with Gasteiger partial charge in [-0.3, -0.25) is 9.69 Å². The number of nitrogens with zero attached hydrogens (tertiary/aromatic N) is 1. The van der Waals surface area contributed by atoms with Crippen LogP contribution in [0, 0.1) is 12.8 Å². The molecule has 1 heterocycles. The minimum Gasteiger partial charge on any atom is -0.352 e. The Hall–Kier alpha value is -1.35. The molecule has 120 valence electrons. The Balaban J connectivity index is 1.34. The lowest BCUT2D eigenvalue weighted by Gasteiger charge is -2.31. The molecule has 0 radical (unpaired) electrons. The van der Waals surface area contributed by atoms with Crippen LogP contribution < -0.4 is 5.32 Å². The molecule has 1 aromatic carbocycles. The highest BCUT2D eigenvalue weighted by Gasteiger charge is 2.25. The predicted molar refractivity (Wildman–Crippen MR) is 89.8 cm³/mol. The molecule has 3 heteroatoms. The summed E-state index contributed by atoms with van der Waals surface area (Å²) in [5.41, 5.74) is 2.79. The van der Waals surface area contributed by atoms with Gasteiger partial charge in [-0.25, -0.2) is 0 Å². The molecular formula is C19H28N2O. The third kappa shape index (κ3) is 4.84. The van der Waals surface area contributed by atoms with Crippen molar-refractivity contribution in [2.45, 2.75) is 51.5 Å². The molecule has 0 unspecified atom stereocenters. The van der Waals surface area contributed by atoms with E-state index >= 15 is 0 Å². The van der Waals surface area contributed by atoms with E-state index in [2.05, 4.69) is 41.4 Å². The van der Waals surface area contributed by atoms with Crippen LogP contribution in [0.15, 0.2) is 24.3 Å². The molecule has 3 nitrogen and oxygen atoms in total. The number of hydrogen-bond donors (Lipinski definition) is 1. The molecule has 1 amide bonds. The molecular weight excluding hydrogens is 272 g/mol. The van der Waals surface area contributed by atoms with Crippen molar-refractivity contribution in [3.8, 4) is 0 Å². The van der Waals surface area contributed by atoms with Gasteiger partial charge in [0.25, 0.3) is 0 Å². The van der Waals surface area contributed by atoms with Gasteiger partial charge < -0.3 is 5.32 Å². The van der Waals surface area contributed by atoms with Crippen LogP contribution in [-0.2, 0) is 11.2 Å². The van der Waals surface area contributed by atoms with Gasteiger partial charge in [-0.1, -0.05) is 29.8 Å². The van der Waals surface area contributed by atoms with Crippen molar-refractivity contribution >= 4 is 5.91 Å². The summed E-state index contributed by atoms with van der Waals surface area (Å²) in [4.78, 5) is 14.1. The second kappa shape index (κ2) is 7.28. The molecule has 1 saturated carbocycles. The van der Waals surface area contributed by atoms with Crippen LogP contribution in [-0.4, -0.2) is 36.5 Å². The molecule has 1 aromatic rings. The summed E-state index contributed by atoms with van der Waals surface area (Å²) in [5, 5.41) is 3.08. The standard InChI is InChI=1S/C19H28N2O/c1-15-2-4-16(5-3-15)6-7-17-10-12-21(13-11-17)14-19(22)20-18-8-9-18/h2-5,17-18H,6-14H2,1H3,(H,20,22). The number of likely N-dealkylation sites (tertiary alicyclic amines) is 1. The first-order valence-corrected chi connectivity index (χ1v) is 8.76.